The predicted octanol–water partition coefficient (Wildman–Crippen LogP) is 9.82. The second-order valence-electron chi connectivity index (χ2n) is 16.2. The fourth-order valence-electron chi connectivity index (χ4n) is 8.56. The number of nitrogens with one attached hydrogen (secondary N) is 2. The first-order chi connectivity index (χ1) is 30.0. The van der Waals surface area contributed by atoms with E-state index in [0.717, 1.165) is 80.7 Å². The summed E-state index contributed by atoms with van der Waals surface area (Å²) in [7, 11) is -4.28. The Morgan fingerprint density at radius 1 is 0.871 bits per heavy atom. The highest BCUT2D eigenvalue weighted by Gasteiger charge is 2.29. The highest BCUT2D eigenvalue weighted by Crippen LogP contribution is 2.33. The number of nitro benzene ring substituents is 1. The van der Waals surface area contributed by atoms with Crippen molar-refractivity contribution in [3.05, 3.63) is 142 Å². The van der Waals surface area contributed by atoms with Gasteiger partial charge in [-0.3, -0.25) is 24.6 Å². The zero-order valence-electron chi connectivity index (χ0n) is 34.9. The second-order valence-corrected chi connectivity index (χ2v) is 19.4. The summed E-state index contributed by atoms with van der Waals surface area (Å²) in [6.07, 6.45) is 4.40. The third kappa shape index (κ3) is 10.3. The molecule has 12 nitrogen and oxygen atoms in total. The summed E-state index contributed by atoms with van der Waals surface area (Å²) in [4.78, 5) is 28.9. The molecule has 0 radical (unpaired) electrons. The highest BCUT2D eigenvalue weighted by molar-refractivity contribution is 7.99. The molecule has 3 heterocycles. The van der Waals surface area contributed by atoms with Crippen LogP contribution >= 0.6 is 23.4 Å². The summed E-state index contributed by atoms with van der Waals surface area (Å²) < 4.78 is 30.3. The zero-order valence-corrected chi connectivity index (χ0v) is 37.2. The van der Waals surface area contributed by atoms with Gasteiger partial charge < -0.3 is 10.2 Å². The van der Waals surface area contributed by atoms with Gasteiger partial charge in [-0.25, -0.2) is 18.4 Å². The Balaban J connectivity index is 0.940. The van der Waals surface area contributed by atoms with Crippen molar-refractivity contribution in [2.24, 2.45) is 0 Å². The van der Waals surface area contributed by atoms with Crippen LogP contribution in [0.2, 0.25) is 5.02 Å². The van der Waals surface area contributed by atoms with Crippen molar-refractivity contribution < 1.29 is 13.3 Å². The van der Waals surface area contributed by atoms with Crippen LogP contribution in [0.1, 0.15) is 38.7 Å². The minimum absolute atomic E-state index is 0.0962. The van der Waals surface area contributed by atoms with Gasteiger partial charge in [-0.2, -0.15) is 0 Å². The standard InChI is InChI=1S/C47H51ClN8O4S2/c1-33-12-13-34(2)55(33)23-22-38(31-61-40-9-4-3-5-10-40)51-44-21-19-41(29-46(44)56(57)58)62(59,60)52-47-43-20-18-39(28-45(43)49-32-50-47)54-26-24-53(25-27-54)30-36-8-6-7-11-42(36)35-14-16-37(48)17-15-35/h3-11,14-21,28-29,32-34,38,51H,12-13,22-27,30-31H2,1-2H3,(H,49,50,52)/t33-,34+,38-/m1/s1. The van der Waals surface area contributed by atoms with Gasteiger partial charge in [0.05, 0.1) is 15.3 Å². The molecule has 2 aliphatic heterocycles. The minimum atomic E-state index is -4.28. The molecule has 0 unspecified atom stereocenters. The van der Waals surface area contributed by atoms with Gasteiger partial charge in [0.2, 0.25) is 0 Å². The first-order valence-electron chi connectivity index (χ1n) is 21.1. The fraction of sp³-hybridized carbons (Fsp3) is 0.319. The van der Waals surface area contributed by atoms with Crippen molar-refractivity contribution >= 4 is 67.2 Å². The summed E-state index contributed by atoms with van der Waals surface area (Å²) in [6.45, 7) is 9.54. The van der Waals surface area contributed by atoms with Gasteiger partial charge in [0.15, 0.2) is 5.82 Å². The van der Waals surface area contributed by atoms with Crippen LogP contribution in [0, 0.1) is 10.1 Å². The second kappa shape index (κ2) is 19.4. The Morgan fingerprint density at radius 3 is 2.34 bits per heavy atom. The molecule has 322 valence electrons. The molecule has 8 rings (SSSR count). The molecule has 2 N–H and O–H groups in total. The lowest BCUT2D eigenvalue weighted by molar-refractivity contribution is -0.384. The number of nitro groups is 1. The average Bonchev–Trinajstić information content (AvgIpc) is 3.61. The maximum Gasteiger partial charge on any atom is 0.293 e. The smallest absolute Gasteiger partial charge is 0.293 e. The number of likely N-dealkylation sites (tertiary alicyclic amines) is 1. The Kier molecular flexibility index (Phi) is 13.6. The normalized spacial score (nSPS) is 17.9. The van der Waals surface area contributed by atoms with Crippen molar-refractivity contribution in [3.63, 3.8) is 0 Å². The van der Waals surface area contributed by atoms with E-state index in [0.29, 0.717) is 33.8 Å². The van der Waals surface area contributed by atoms with E-state index in [1.807, 2.05) is 48.5 Å². The molecule has 2 aliphatic rings. The quantitative estimate of drug-likeness (QED) is 0.0546. The number of sulfonamides is 1. The van der Waals surface area contributed by atoms with Crippen molar-refractivity contribution in [2.75, 3.05) is 53.4 Å². The molecule has 1 aromatic heterocycles. The van der Waals surface area contributed by atoms with Crippen LogP contribution < -0.4 is 14.9 Å². The lowest BCUT2D eigenvalue weighted by Gasteiger charge is -2.36. The van der Waals surface area contributed by atoms with Crippen LogP contribution in [0.5, 0.6) is 0 Å². The van der Waals surface area contributed by atoms with E-state index in [1.54, 1.807) is 11.8 Å². The summed E-state index contributed by atoms with van der Waals surface area (Å²) in [5, 5.41) is 17.2. The lowest BCUT2D eigenvalue weighted by Crippen LogP contribution is -2.46. The van der Waals surface area contributed by atoms with Crippen LogP contribution in [-0.2, 0) is 16.6 Å². The van der Waals surface area contributed by atoms with E-state index in [1.165, 1.54) is 29.6 Å². The van der Waals surface area contributed by atoms with Gasteiger partial charge in [-0.15, -0.1) is 11.8 Å². The van der Waals surface area contributed by atoms with Crippen molar-refractivity contribution in [3.8, 4) is 11.1 Å². The average molecular weight is 892 g/mol. The van der Waals surface area contributed by atoms with Crippen LogP contribution in [0.4, 0.5) is 22.9 Å². The maximum atomic E-state index is 13.9. The minimum Gasteiger partial charge on any atom is -0.376 e. The zero-order chi connectivity index (χ0) is 43.2. The summed E-state index contributed by atoms with van der Waals surface area (Å²) in [6, 6.07) is 37.1. The van der Waals surface area contributed by atoms with Crippen molar-refractivity contribution in [2.45, 2.75) is 67.6 Å². The number of rotatable bonds is 16. The molecule has 0 spiro atoms. The molecule has 0 aliphatic carbocycles. The molecule has 6 aromatic rings. The molecule has 2 fully saturated rings. The van der Waals surface area contributed by atoms with Crippen molar-refractivity contribution in [1.29, 1.82) is 0 Å². The summed E-state index contributed by atoms with van der Waals surface area (Å²) >= 11 is 7.84. The first kappa shape index (κ1) is 43.4. The number of aromatic nitrogens is 2. The van der Waals surface area contributed by atoms with Gasteiger partial charge in [0.1, 0.15) is 12.0 Å². The van der Waals surface area contributed by atoms with Crippen LogP contribution in [-0.4, -0.2) is 89.7 Å². The molecule has 62 heavy (non-hydrogen) atoms. The number of hydrogen-bond acceptors (Lipinski definition) is 11. The largest absolute Gasteiger partial charge is 0.376 e. The number of anilines is 3. The summed E-state index contributed by atoms with van der Waals surface area (Å²) in [5.41, 5.74) is 5.13. The Labute approximate surface area is 372 Å². The third-order valence-electron chi connectivity index (χ3n) is 12.1. The SMILES string of the molecule is C[C@@H]1CC[C@H](C)N1CC[C@H](CSc1ccccc1)Nc1ccc(S(=O)(=O)Nc2ncnc3cc(N4CCN(Cc5ccccc5-c5ccc(Cl)cc5)CC4)ccc23)cc1[N+](=O)[O-]. The monoisotopic (exact) mass is 890 g/mol. The predicted molar refractivity (Wildman–Crippen MR) is 252 cm³/mol. The number of halogens is 1. The fourth-order valence-corrected chi connectivity index (χ4v) is 10.7. The molecule has 0 amide bonds. The van der Waals surface area contributed by atoms with Gasteiger partial charge >= 0.3 is 0 Å². The van der Waals surface area contributed by atoms with E-state index in [-0.39, 0.29) is 28.1 Å². The molecular weight excluding hydrogens is 840 g/mol. The van der Waals surface area contributed by atoms with E-state index < -0.39 is 14.9 Å². The molecule has 3 atom stereocenters. The van der Waals surface area contributed by atoms with E-state index in [9.17, 15) is 18.5 Å². The lowest BCUT2D eigenvalue weighted by atomic mass is 9.99. The van der Waals surface area contributed by atoms with Gasteiger partial charge in [-0.1, -0.05) is 66.2 Å². The van der Waals surface area contributed by atoms with Crippen LogP contribution in [0.15, 0.2) is 131 Å². The highest BCUT2D eigenvalue weighted by atomic mass is 35.5. The number of piperazine rings is 1. The number of thioether (sulfide) groups is 1. The maximum absolute atomic E-state index is 13.9. The molecule has 0 saturated carbocycles. The van der Waals surface area contributed by atoms with Crippen LogP contribution in [0.3, 0.4) is 0 Å². The topological polar surface area (TPSA) is 137 Å². The van der Waals surface area contributed by atoms with E-state index >= 15 is 0 Å². The molecule has 5 aromatic carbocycles. The number of nitrogens with zero attached hydrogens (tertiary/aromatic N) is 6. The third-order valence-corrected chi connectivity index (χ3v) is 14.8. The van der Waals surface area contributed by atoms with Crippen molar-refractivity contribution in [1.82, 2.24) is 19.8 Å². The molecule has 15 heteroatoms. The molecule has 2 saturated heterocycles. The summed E-state index contributed by atoms with van der Waals surface area (Å²) in [5.74, 6) is 0.776. The first-order valence-corrected chi connectivity index (χ1v) is 23.9. The van der Waals surface area contributed by atoms with Crippen LogP contribution in [0.25, 0.3) is 22.0 Å². The Hall–Kier alpha value is -5.25. The Bertz CT molecular complexity index is 2600. The Morgan fingerprint density at radius 2 is 1.60 bits per heavy atom. The van der Waals surface area contributed by atoms with E-state index in [2.05, 4.69) is 97.1 Å². The number of fused-ring (bicyclic) bond motifs is 1. The van der Waals surface area contributed by atoms with Gasteiger partial charge in [0.25, 0.3) is 15.7 Å². The molecular formula is C47H51ClN8O4S2. The molecule has 0 bridgehead atoms. The van der Waals surface area contributed by atoms with Gasteiger partial charge in [-0.05, 0) is 104 Å². The van der Waals surface area contributed by atoms with E-state index in [4.69, 9.17) is 11.6 Å². The number of hydrogen-bond donors (Lipinski definition) is 2. The number of benzene rings is 5. The van der Waals surface area contributed by atoms with Gasteiger partial charge in [0, 0.05) is 90.2 Å².